The lowest BCUT2D eigenvalue weighted by molar-refractivity contribution is -0.138. The molecule has 0 radical (unpaired) electrons. The second-order valence-corrected chi connectivity index (χ2v) is 6.83. The first kappa shape index (κ1) is 19.1. The number of halogens is 4. The van der Waals surface area contributed by atoms with Crippen molar-refractivity contribution in [2.24, 2.45) is 0 Å². The van der Waals surface area contributed by atoms with E-state index >= 15 is 0 Å². The SMILES string of the molecule is O=C(NCc1ccc(F)cc1C(F)(F)F)c1nnn(-c2ccccc2)c1C1CC1. The van der Waals surface area contributed by atoms with Gasteiger partial charge in [-0.05, 0) is 42.7 Å². The van der Waals surface area contributed by atoms with Gasteiger partial charge in [-0.25, -0.2) is 9.07 Å². The molecule has 1 heterocycles. The monoisotopic (exact) mass is 404 g/mol. The Morgan fingerprint density at radius 1 is 1.14 bits per heavy atom. The number of para-hydroxylation sites is 1. The Balaban J connectivity index is 1.59. The number of hydrogen-bond donors (Lipinski definition) is 1. The molecule has 1 fully saturated rings. The summed E-state index contributed by atoms with van der Waals surface area (Å²) in [7, 11) is 0. The zero-order valence-electron chi connectivity index (χ0n) is 15.1. The molecule has 3 aromatic rings. The molecule has 1 aromatic heterocycles. The van der Waals surface area contributed by atoms with Gasteiger partial charge in [-0.1, -0.05) is 29.5 Å². The topological polar surface area (TPSA) is 59.8 Å². The predicted octanol–water partition coefficient (Wildman–Crippen LogP) is 4.23. The molecule has 0 aliphatic heterocycles. The summed E-state index contributed by atoms with van der Waals surface area (Å²) in [4.78, 5) is 12.7. The quantitative estimate of drug-likeness (QED) is 0.648. The van der Waals surface area contributed by atoms with Gasteiger partial charge >= 0.3 is 6.18 Å². The molecule has 29 heavy (non-hydrogen) atoms. The smallest absolute Gasteiger partial charge is 0.346 e. The minimum absolute atomic E-state index is 0.0898. The van der Waals surface area contributed by atoms with Crippen LogP contribution in [0.1, 0.15) is 46.1 Å². The van der Waals surface area contributed by atoms with Gasteiger partial charge in [-0.2, -0.15) is 13.2 Å². The maximum atomic E-state index is 13.2. The van der Waals surface area contributed by atoms with Crippen LogP contribution in [0.5, 0.6) is 0 Å². The number of carbonyl (C=O) groups is 1. The number of nitrogens with zero attached hydrogens (tertiary/aromatic N) is 3. The molecule has 5 nitrogen and oxygen atoms in total. The minimum Gasteiger partial charge on any atom is -0.346 e. The van der Waals surface area contributed by atoms with Crippen LogP contribution in [0.3, 0.4) is 0 Å². The fourth-order valence-corrected chi connectivity index (χ4v) is 3.16. The fourth-order valence-electron chi connectivity index (χ4n) is 3.16. The van der Waals surface area contributed by atoms with Crippen molar-refractivity contribution in [2.75, 3.05) is 0 Å². The first-order chi connectivity index (χ1) is 13.8. The zero-order chi connectivity index (χ0) is 20.6. The van der Waals surface area contributed by atoms with E-state index in [9.17, 15) is 22.4 Å². The van der Waals surface area contributed by atoms with Crippen molar-refractivity contribution in [3.05, 3.63) is 76.9 Å². The molecule has 0 atom stereocenters. The Bertz CT molecular complexity index is 1040. The number of benzene rings is 2. The van der Waals surface area contributed by atoms with E-state index in [1.807, 2.05) is 30.3 Å². The number of carbonyl (C=O) groups excluding carboxylic acids is 1. The van der Waals surface area contributed by atoms with Gasteiger partial charge in [0.2, 0.25) is 0 Å². The largest absolute Gasteiger partial charge is 0.416 e. The predicted molar refractivity (Wildman–Crippen MR) is 95.9 cm³/mol. The van der Waals surface area contributed by atoms with Crippen molar-refractivity contribution in [1.82, 2.24) is 20.3 Å². The van der Waals surface area contributed by atoms with Gasteiger partial charge in [0.25, 0.3) is 5.91 Å². The number of nitrogens with one attached hydrogen (secondary N) is 1. The third-order valence-corrected chi connectivity index (χ3v) is 4.70. The molecular weight excluding hydrogens is 388 g/mol. The first-order valence-electron chi connectivity index (χ1n) is 8.99. The lowest BCUT2D eigenvalue weighted by atomic mass is 10.1. The number of rotatable bonds is 5. The van der Waals surface area contributed by atoms with Crippen molar-refractivity contribution < 1.29 is 22.4 Å². The molecule has 1 amide bonds. The van der Waals surface area contributed by atoms with E-state index in [1.54, 1.807) is 4.68 Å². The maximum absolute atomic E-state index is 13.2. The average Bonchev–Trinajstić information content (AvgIpc) is 3.44. The van der Waals surface area contributed by atoms with E-state index in [0.29, 0.717) is 11.8 Å². The van der Waals surface area contributed by atoms with E-state index in [0.717, 1.165) is 30.7 Å². The highest BCUT2D eigenvalue weighted by Gasteiger charge is 2.35. The lowest BCUT2D eigenvalue weighted by Crippen LogP contribution is -2.26. The van der Waals surface area contributed by atoms with Crippen molar-refractivity contribution in [3.63, 3.8) is 0 Å². The number of amides is 1. The van der Waals surface area contributed by atoms with Crippen LogP contribution in [0.4, 0.5) is 17.6 Å². The molecule has 9 heteroatoms. The second kappa shape index (κ2) is 7.31. The summed E-state index contributed by atoms with van der Waals surface area (Å²) in [6, 6.07) is 11.5. The Kier molecular flexibility index (Phi) is 4.81. The summed E-state index contributed by atoms with van der Waals surface area (Å²) < 4.78 is 54.3. The van der Waals surface area contributed by atoms with Crippen molar-refractivity contribution in [1.29, 1.82) is 0 Å². The summed E-state index contributed by atoms with van der Waals surface area (Å²) in [5.74, 6) is -1.48. The Morgan fingerprint density at radius 3 is 2.52 bits per heavy atom. The number of aromatic nitrogens is 3. The molecule has 0 bridgehead atoms. The van der Waals surface area contributed by atoms with Crippen LogP contribution in [0.25, 0.3) is 5.69 Å². The molecule has 0 unspecified atom stereocenters. The van der Waals surface area contributed by atoms with E-state index in [2.05, 4.69) is 15.6 Å². The van der Waals surface area contributed by atoms with Crippen molar-refractivity contribution in [2.45, 2.75) is 31.5 Å². The number of alkyl halides is 3. The average molecular weight is 404 g/mol. The summed E-state index contributed by atoms with van der Waals surface area (Å²) in [5, 5.41) is 10.5. The maximum Gasteiger partial charge on any atom is 0.416 e. The standard InChI is InChI=1S/C20H16F4N4O/c21-14-9-8-13(16(10-14)20(22,23)24)11-25-19(29)17-18(12-6-7-12)28(27-26-17)15-4-2-1-3-5-15/h1-5,8-10,12H,6-7,11H2,(H,25,29). The van der Waals surface area contributed by atoms with Crippen LogP contribution in [0.2, 0.25) is 0 Å². The summed E-state index contributed by atoms with van der Waals surface area (Å²) in [5.41, 5.74) is 0.138. The van der Waals surface area contributed by atoms with Gasteiger partial charge in [-0.15, -0.1) is 5.10 Å². The van der Waals surface area contributed by atoms with Gasteiger partial charge in [0.1, 0.15) is 5.82 Å². The summed E-state index contributed by atoms with van der Waals surface area (Å²) >= 11 is 0. The third-order valence-electron chi connectivity index (χ3n) is 4.70. The normalized spacial score (nSPS) is 14.1. The van der Waals surface area contributed by atoms with Crippen molar-refractivity contribution in [3.8, 4) is 5.69 Å². The molecule has 0 spiro atoms. The van der Waals surface area contributed by atoms with E-state index in [4.69, 9.17) is 0 Å². The van der Waals surface area contributed by atoms with Gasteiger partial charge < -0.3 is 5.32 Å². The highest BCUT2D eigenvalue weighted by atomic mass is 19.4. The van der Waals surface area contributed by atoms with Crippen LogP contribution < -0.4 is 5.32 Å². The molecule has 0 saturated heterocycles. The van der Waals surface area contributed by atoms with Gasteiger partial charge in [0.15, 0.2) is 5.69 Å². The molecule has 1 aliphatic rings. The van der Waals surface area contributed by atoms with Crippen LogP contribution in [-0.2, 0) is 12.7 Å². The number of hydrogen-bond acceptors (Lipinski definition) is 3. The van der Waals surface area contributed by atoms with E-state index < -0.39 is 30.0 Å². The van der Waals surface area contributed by atoms with E-state index in [-0.39, 0.29) is 17.2 Å². The van der Waals surface area contributed by atoms with Gasteiger partial charge in [-0.3, -0.25) is 4.79 Å². The van der Waals surface area contributed by atoms with Crippen LogP contribution in [0, 0.1) is 5.82 Å². The summed E-state index contributed by atoms with van der Waals surface area (Å²) in [6.07, 6.45) is -2.95. The summed E-state index contributed by atoms with van der Waals surface area (Å²) in [6.45, 7) is -0.406. The molecular formula is C20H16F4N4O. The first-order valence-corrected chi connectivity index (χ1v) is 8.99. The molecule has 1 aliphatic carbocycles. The lowest BCUT2D eigenvalue weighted by Gasteiger charge is -2.13. The van der Waals surface area contributed by atoms with E-state index in [1.165, 1.54) is 0 Å². The molecule has 1 saturated carbocycles. The highest BCUT2D eigenvalue weighted by molar-refractivity contribution is 5.93. The third kappa shape index (κ3) is 3.98. The fraction of sp³-hybridized carbons (Fsp3) is 0.250. The van der Waals surface area contributed by atoms with Crippen LogP contribution >= 0.6 is 0 Å². The Hall–Kier alpha value is -3.23. The van der Waals surface area contributed by atoms with Crippen LogP contribution in [0.15, 0.2) is 48.5 Å². The Labute approximate surface area is 163 Å². The molecule has 2 aromatic carbocycles. The van der Waals surface area contributed by atoms with Gasteiger partial charge in [0, 0.05) is 12.5 Å². The second-order valence-electron chi connectivity index (χ2n) is 6.83. The zero-order valence-corrected chi connectivity index (χ0v) is 15.1. The van der Waals surface area contributed by atoms with Gasteiger partial charge in [0.05, 0.1) is 16.9 Å². The molecule has 1 N–H and O–H groups in total. The molecule has 4 rings (SSSR count). The molecule has 150 valence electrons. The minimum atomic E-state index is -4.72. The van der Waals surface area contributed by atoms with Crippen molar-refractivity contribution >= 4 is 5.91 Å². The Morgan fingerprint density at radius 2 is 1.86 bits per heavy atom. The van der Waals surface area contributed by atoms with Crippen LogP contribution in [-0.4, -0.2) is 20.9 Å². The highest BCUT2D eigenvalue weighted by Crippen LogP contribution is 2.42.